The van der Waals surface area contributed by atoms with E-state index in [0.29, 0.717) is 48.1 Å². The van der Waals surface area contributed by atoms with Crippen molar-refractivity contribution in [1.82, 2.24) is 14.6 Å². The summed E-state index contributed by atoms with van der Waals surface area (Å²) < 4.78 is 29.9. The Bertz CT molecular complexity index is 1390. The van der Waals surface area contributed by atoms with Crippen molar-refractivity contribution >= 4 is 38.3 Å². The molecule has 0 saturated carbocycles. The summed E-state index contributed by atoms with van der Waals surface area (Å²) >= 11 is 0. The zero-order chi connectivity index (χ0) is 25.9. The molecular weight excluding hydrogens is 476 g/mol. The van der Waals surface area contributed by atoms with E-state index in [0.717, 1.165) is 12.0 Å². The number of nitrogens with one attached hydrogen (secondary N) is 2. The molecule has 3 aromatic rings. The van der Waals surface area contributed by atoms with Gasteiger partial charge in [0.15, 0.2) is 0 Å². The van der Waals surface area contributed by atoms with Crippen LogP contribution in [0.4, 0.5) is 5.69 Å². The van der Waals surface area contributed by atoms with Gasteiger partial charge in [-0.15, -0.1) is 0 Å². The van der Waals surface area contributed by atoms with Crippen LogP contribution < -0.4 is 10.0 Å². The molecule has 0 radical (unpaired) electrons. The predicted octanol–water partition coefficient (Wildman–Crippen LogP) is 4.11. The van der Waals surface area contributed by atoms with Crippen LogP contribution in [-0.2, 0) is 14.8 Å². The third kappa shape index (κ3) is 5.42. The Labute approximate surface area is 212 Å². The van der Waals surface area contributed by atoms with Gasteiger partial charge in [0.05, 0.1) is 4.90 Å². The van der Waals surface area contributed by atoms with E-state index in [-0.39, 0.29) is 28.7 Å². The number of amides is 2. The molecule has 2 N–H and O–H groups in total. The molecule has 2 atom stereocenters. The summed E-state index contributed by atoms with van der Waals surface area (Å²) in [5, 5.41) is 4.02. The molecule has 190 valence electrons. The van der Waals surface area contributed by atoms with E-state index in [2.05, 4.69) is 15.0 Å². The summed E-state index contributed by atoms with van der Waals surface area (Å²) in [7, 11) is -3.85. The van der Waals surface area contributed by atoms with Crippen molar-refractivity contribution in [3.05, 3.63) is 66.0 Å². The molecule has 2 heterocycles. The first-order valence-electron chi connectivity index (χ1n) is 12.3. The topological polar surface area (TPSA) is 108 Å². The fourth-order valence-electron chi connectivity index (χ4n) is 4.70. The number of anilines is 1. The number of likely N-dealkylation sites (tertiary alicyclic amines) is 1. The van der Waals surface area contributed by atoms with Gasteiger partial charge in [-0.25, -0.2) is 13.1 Å². The van der Waals surface area contributed by atoms with Crippen molar-refractivity contribution < 1.29 is 18.0 Å². The first kappa shape index (κ1) is 25.8. The molecule has 8 nitrogen and oxygen atoms in total. The number of fused-ring (bicyclic) bond motifs is 1. The highest BCUT2D eigenvalue weighted by Crippen LogP contribution is 2.31. The van der Waals surface area contributed by atoms with Crippen LogP contribution >= 0.6 is 0 Å². The number of carbonyl (C=O) groups excluding carboxylic acids is 2. The number of carbonyl (C=O) groups is 2. The second kappa shape index (κ2) is 10.8. The minimum absolute atomic E-state index is 0.0132. The van der Waals surface area contributed by atoms with E-state index in [1.807, 2.05) is 31.7 Å². The largest absolute Gasteiger partial charge is 0.342 e. The molecule has 2 aromatic carbocycles. The number of piperidine rings is 1. The molecule has 0 spiro atoms. The van der Waals surface area contributed by atoms with Gasteiger partial charge in [0.2, 0.25) is 15.9 Å². The van der Waals surface area contributed by atoms with E-state index in [9.17, 15) is 18.0 Å². The van der Waals surface area contributed by atoms with Crippen LogP contribution in [0.3, 0.4) is 0 Å². The fraction of sp³-hybridized carbons (Fsp3) is 0.370. The van der Waals surface area contributed by atoms with Crippen LogP contribution in [0.2, 0.25) is 0 Å². The van der Waals surface area contributed by atoms with E-state index in [1.54, 1.807) is 42.6 Å². The molecule has 0 aliphatic carbocycles. The number of aryl methyl sites for hydroxylation is 1. The average molecular weight is 509 g/mol. The maximum Gasteiger partial charge on any atom is 0.274 e. The highest BCUT2D eigenvalue weighted by Gasteiger charge is 2.32. The Morgan fingerprint density at radius 3 is 2.53 bits per heavy atom. The number of nitrogens with zero attached hydrogens (tertiary/aromatic N) is 2. The van der Waals surface area contributed by atoms with Crippen molar-refractivity contribution in [2.24, 2.45) is 5.92 Å². The van der Waals surface area contributed by atoms with Crippen molar-refractivity contribution in [3.8, 4) is 0 Å². The number of aromatic nitrogens is 1. The van der Waals surface area contributed by atoms with Gasteiger partial charge in [0.25, 0.3) is 5.91 Å². The normalized spacial score (nSPS) is 18.2. The zero-order valence-corrected chi connectivity index (χ0v) is 21.6. The summed E-state index contributed by atoms with van der Waals surface area (Å²) in [6, 6.07) is 13.5. The summed E-state index contributed by atoms with van der Waals surface area (Å²) in [5.74, 6) is -0.249. The van der Waals surface area contributed by atoms with Gasteiger partial charge in [-0.2, -0.15) is 0 Å². The van der Waals surface area contributed by atoms with E-state index < -0.39 is 10.0 Å². The number of rotatable bonds is 7. The summed E-state index contributed by atoms with van der Waals surface area (Å²) in [6.45, 7) is 6.82. The average Bonchev–Trinajstić information content (AvgIpc) is 2.85. The minimum atomic E-state index is -3.85. The molecule has 1 aliphatic rings. The van der Waals surface area contributed by atoms with Gasteiger partial charge in [-0.1, -0.05) is 44.2 Å². The lowest BCUT2D eigenvalue weighted by Gasteiger charge is -2.37. The van der Waals surface area contributed by atoms with Crippen LogP contribution in [0.15, 0.2) is 59.6 Å². The zero-order valence-electron chi connectivity index (χ0n) is 20.8. The molecule has 1 aliphatic heterocycles. The smallest absolute Gasteiger partial charge is 0.274 e. The van der Waals surface area contributed by atoms with E-state index >= 15 is 0 Å². The molecule has 4 rings (SSSR count). The lowest BCUT2D eigenvalue weighted by Crippen LogP contribution is -2.51. The fourth-order valence-corrected chi connectivity index (χ4v) is 6.29. The second-order valence-electron chi connectivity index (χ2n) is 9.36. The third-order valence-corrected chi connectivity index (χ3v) is 8.22. The quantitative estimate of drug-likeness (QED) is 0.499. The predicted molar refractivity (Wildman–Crippen MR) is 140 cm³/mol. The molecule has 1 fully saturated rings. The van der Waals surface area contributed by atoms with Crippen LogP contribution in [-0.4, -0.2) is 49.2 Å². The standard InChI is InChI=1S/C27H32N4O4S/c1-4-8-25(32)31-16-14-22(19(3)17-31)30-36(34,35)24-13-12-23(20-10-5-6-11-21(20)24)29-27(33)26-18(2)9-7-15-28-26/h5-7,9-13,15,19,22,30H,4,8,14,16-17H2,1-3H3,(H,29,33)/t19-,22+/m1/s1. The molecule has 2 amide bonds. The van der Waals surface area contributed by atoms with Gasteiger partial charge in [-0.05, 0) is 49.4 Å². The second-order valence-corrected chi connectivity index (χ2v) is 11.0. The molecule has 9 heteroatoms. The number of sulfonamides is 1. The number of hydrogen-bond donors (Lipinski definition) is 2. The molecule has 0 unspecified atom stereocenters. The number of pyridine rings is 1. The van der Waals surface area contributed by atoms with Crippen LogP contribution in [0.5, 0.6) is 0 Å². The van der Waals surface area contributed by atoms with Crippen LogP contribution in [0, 0.1) is 12.8 Å². The minimum Gasteiger partial charge on any atom is -0.342 e. The number of benzene rings is 2. The Hall–Kier alpha value is -3.30. The monoisotopic (exact) mass is 508 g/mol. The molecule has 0 bridgehead atoms. The van der Waals surface area contributed by atoms with E-state index in [1.165, 1.54) is 6.07 Å². The van der Waals surface area contributed by atoms with E-state index in [4.69, 9.17) is 0 Å². The van der Waals surface area contributed by atoms with Gasteiger partial charge < -0.3 is 10.2 Å². The SMILES string of the molecule is CCCC(=O)N1CC[C@H](NS(=O)(=O)c2ccc(NC(=O)c3ncccc3C)c3ccccc23)[C@H](C)C1. The van der Waals surface area contributed by atoms with Crippen LogP contribution in [0.25, 0.3) is 10.8 Å². The van der Waals surface area contributed by atoms with Gasteiger partial charge in [-0.3, -0.25) is 14.6 Å². The molecular formula is C27H32N4O4S. The summed E-state index contributed by atoms with van der Waals surface area (Å²) in [6.07, 6.45) is 3.43. The maximum absolute atomic E-state index is 13.5. The first-order valence-corrected chi connectivity index (χ1v) is 13.7. The third-order valence-electron chi connectivity index (χ3n) is 6.67. The van der Waals surface area contributed by atoms with Gasteiger partial charge in [0, 0.05) is 48.2 Å². The first-order chi connectivity index (χ1) is 17.2. The highest BCUT2D eigenvalue weighted by atomic mass is 32.2. The van der Waals surface area contributed by atoms with Crippen molar-refractivity contribution in [2.45, 2.75) is 51.0 Å². The lowest BCUT2D eigenvalue weighted by molar-refractivity contribution is -0.133. The molecule has 1 aromatic heterocycles. The summed E-state index contributed by atoms with van der Waals surface area (Å²) in [4.78, 5) is 31.3. The lowest BCUT2D eigenvalue weighted by atomic mass is 9.94. The van der Waals surface area contributed by atoms with Gasteiger partial charge in [0.1, 0.15) is 5.69 Å². The number of hydrogen-bond acceptors (Lipinski definition) is 5. The Kier molecular flexibility index (Phi) is 7.70. The van der Waals surface area contributed by atoms with Crippen LogP contribution in [0.1, 0.15) is 49.2 Å². The Balaban J connectivity index is 1.57. The van der Waals surface area contributed by atoms with Gasteiger partial charge >= 0.3 is 0 Å². The Morgan fingerprint density at radius 1 is 1.08 bits per heavy atom. The Morgan fingerprint density at radius 2 is 1.83 bits per heavy atom. The van der Waals surface area contributed by atoms with Crippen molar-refractivity contribution in [3.63, 3.8) is 0 Å². The summed E-state index contributed by atoms with van der Waals surface area (Å²) in [5.41, 5.74) is 1.58. The molecule has 36 heavy (non-hydrogen) atoms. The molecule has 1 saturated heterocycles. The van der Waals surface area contributed by atoms with Crippen molar-refractivity contribution in [2.75, 3.05) is 18.4 Å². The maximum atomic E-state index is 13.5. The van der Waals surface area contributed by atoms with Crippen molar-refractivity contribution in [1.29, 1.82) is 0 Å². The highest BCUT2D eigenvalue weighted by molar-refractivity contribution is 7.89.